The number of fused-ring (bicyclic) bond motifs is 5. The molecule has 172 valence electrons. The molecule has 0 heterocycles. The smallest absolute Gasteiger partial charge is 0.136 e. The maximum Gasteiger partial charge on any atom is 0.136 e. The number of Topliss-reactive ketones (excluding diaryl/α,β-unsaturated/α-hetero) is 1. The number of ketones is 1. The highest BCUT2D eigenvalue weighted by Crippen LogP contribution is 2.68. The van der Waals surface area contributed by atoms with E-state index in [0.717, 1.165) is 47.8 Å². The van der Waals surface area contributed by atoms with Crippen LogP contribution in [0, 0.1) is 64.1 Å². The summed E-state index contributed by atoms with van der Waals surface area (Å²) < 4.78 is 0. The third-order valence-corrected chi connectivity index (χ3v) is 11.9. The molecule has 0 bridgehead atoms. The van der Waals surface area contributed by atoms with Crippen LogP contribution in [0.2, 0.25) is 0 Å². The minimum Gasteiger partial charge on any atom is -0.299 e. The zero-order valence-corrected chi connectivity index (χ0v) is 21.2. The van der Waals surface area contributed by atoms with Gasteiger partial charge in [0.2, 0.25) is 0 Å². The first-order valence-electron chi connectivity index (χ1n) is 13.6. The van der Waals surface area contributed by atoms with Crippen LogP contribution in [-0.2, 0) is 4.79 Å². The summed E-state index contributed by atoms with van der Waals surface area (Å²) in [5.74, 6) is 7.84. The fourth-order valence-corrected chi connectivity index (χ4v) is 9.56. The van der Waals surface area contributed by atoms with Crippen LogP contribution in [-0.4, -0.2) is 5.78 Å². The van der Waals surface area contributed by atoms with Crippen LogP contribution in [0.25, 0.3) is 0 Å². The van der Waals surface area contributed by atoms with Gasteiger partial charge in [0, 0.05) is 12.3 Å². The van der Waals surface area contributed by atoms with Crippen molar-refractivity contribution in [1.82, 2.24) is 0 Å². The standard InChI is InChI=1S/C29H50O/c1-18(2)19(3)8-9-20(4)23-12-13-25-22-10-11-24-21(5)27(30)15-17-29(24,7)26(22)14-16-28(23,25)6/h18-26H,8-17H2,1-7H3/t19-,20+,21?,22-,23+,24+,25-,26-,28+,29-/m0/s1. The van der Waals surface area contributed by atoms with E-state index in [2.05, 4.69) is 48.5 Å². The van der Waals surface area contributed by atoms with E-state index in [9.17, 15) is 4.79 Å². The molecule has 0 saturated heterocycles. The highest BCUT2D eigenvalue weighted by atomic mass is 16.1. The highest BCUT2D eigenvalue weighted by molar-refractivity contribution is 5.82. The molecule has 0 radical (unpaired) electrons. The van der Waals surface area contributed by atoms with Crippen LogP contribution in [0.4, 0.5) is 0 Å². The summed E-state index contributed by atoms with van der Waals surface area (Å²) in [6.07, 6.45) is 13.5. The van der Waals surface area contributed by atoms with E-state index >= 15 is 0 Å². The fraction of sp³-hybridized carbons (Fsp3) is 0.966. The van der Waals surface area contributed by atoms with Gasteiger partial charge in [-0.05, 0) is 103 Å². The molecule has 0 aromatic heterocycles. The predicted octanol–water partition coefficient (Wildman–Crippen LogP) is 8.17. The molecule has 4 fully saturated rings. The second-order valence-electron chi connectivity index (χ2n) is 13.3. The average molecular weight is 415 g/mol. The molecule has 0 aromatic carbocycles. The molecule has 0 N–H and O–H groups in total. The predicted molar refractivity (Wildman–Crippen MR) is 127 cm³/mol. The molecule has 10 atom stereocenters. The maximum absolute atomic E-state index is 12.5. The van der Waals surface area contributed by atoms with Crippen molar-refractivity contribution in [1.29, 1.82) is 0 Å². The summed E-state index contributed by atoms with van der Waals surface area (Å²) in [5.41, 5.74) is 1.02. The summed E-state index contributed by atoms with van der Waals surface area (Å²) >= 11 is 0. The van der Waals surface area contributed by atoms with E-state index in [4.69, 9.17) is 0 Å². The summed E-state index contributed by atoms with van der Waals surface area (Å²) in [6, 6.07) is 0. The Morgan fingerprint density at radius 1 is 0.833 bits per heavy atom. The molecule has 1 heteroatoms. The second-order valence-corrected chi connectivity index (χ2v) is 13.3. The van der Waals surface area contributed by atoms with E-state index in [1.807, 2.05) is 0 Å². The Bertz CT molecular complexity index is 636. The molecule has 1 nitrogen and oxygen atoms in total. The van der Waals surface area contributed by atoms with Gasteiger partial charge in [0.1, 0.15) is 5.78 Å². The van der Waals surface area contributed by atoms with E-state index in [1.54, 1.807) is 0 Å². The van der Waals surface area contributed by atoms with Crippen molar-refractivity contribution in [3.8, 4) is 0 Å². The Kier molecular flexibility index (Phi) is 6.26. The Labute approximate surface area is 187 Å². The number of rotatable bonds is 5. The molecule has 30 heavy (non-hydrogen) atoms. The number of hydrogen-bond acceptors (Lipinski definition) is 1. The first-order valence-corrected chi connectivity index (χ1v) is 13.6. The monoisotopic (exact) mass is 414 g/mol. The van der Waals surface area contributed by atoms with Crippen LogP contribution in [0.3, 0.4) is 0 Å². The molecular weight excluding hydrogens is 364 g/mol. The van der Waals surface area contributed by atoms with Gasteiger partial charge in [-0.25, -0.2) is 0 Å². The lowest BCUT2D eigenvalue weighted by Gasteiger charge is -2.61. The van der Waals surface area contributed by atoms with Gasteiger partial charge in [0.05, 0.1) is 0 Å². The zero-order chi connectivity index (χ0) is 21.8. The van der Waals surface area contributed by atoms with Gasteiger partial charge >= 0.3 is 0 Å². The largest absolute Gasteiger partial charge is 0.299 e. The Balaban J connectivity index is 1.48. The van der Waals surface area contributed by atoms with Crippen LogP contribution in [0.5, 0.6) is 0 Å². The minimum atomic E-state index is 0.317. The molecule has 0 aromatic rings. The first-order chi connectivity index (χ1) is 14.1. The van der Waals surface area contributed by atoms with E-state index in [0.29, 0.717) is 28.4 Å². The quantitative estimate of drug-likeness (QED) is 0.443. The summed E-state index contributed by atoms with van der Waals surface area (Å²) in [4.78, 5) is 12.5. The summed E-state index contributed by atoms with van der Waals surface area (Å²) in [6.45, 7) is 17.4. The topological polar surface area (TPSA) is 17.1 Å². The van der Waals surface area contributed by atoms with E-state index in [-0.39, 0.29) is 0 Å². The van der Waals surface area contributed by atoms with Gasteiger partial charge in [-0.1, -0.05) is 61.3 Å². The van der Waals surface area contributed by atoms with Crippen molar-refractivity contribution in [3.05, 3.63) is 0 Å². The maximum atomic E-state index is 12.5. The van der Waals surface area contributed by atoms with Crippen molar-refractivity contribution in [2.75, 3.05) is 0 Å². The fourth-order valence-electron chi connectivity index (χ4n) is 9.56. The average Bonchev–Trinajstić information content (AvgIpc) is 3.06. The number of carbonyl (C=O) groups is 1. The normalized spacial score (nSPS) is 48.1. The van der Waals surface area contributed by atoms with Crippen molar-refractivity contribution in [2.24, 2.45) is 64.1 Å². The molecule has 4 saturated carbocycles. The van der Waals surface area contributed by atoms with Gasteiger partial charge in [0.25, 0.3) is 0 Å². The van der Waals surface area contributed by atoms with Crippen molar-refractivity contribution in [2.45, 2.75) is 113 Å². The first kappa shape index (κ1) is 22.8. The molecule has 4 aliphatic carbocycles. The number of carbonyl (C=O) groups excluding carboxylic acids is 1. The lowest BCUT2D eigenvalue weighted by molar-refractivity contribution is -0.150. The zero-order valence-electron chi connectivity index (χ0n) is 21.2. The summed E-state index contributed by atoms with van der Waals surface area (Å²) in [7, 11) is 0. The van der Waals surface area contributed by atoms with Gasteiger partial charge < -0.3 is 0 Å². The third kappa shape index (κ3) is 3.53. The molecule has 0 spiro atoms. The van der Waals surface area contributed by atoms with E-state index in [1.165, 1.54) is 57.8 Å². The lowest BCUT2D eigenvalue weighted by atomic mass is 9.43. The lowest BCUT2D eigenvalue weighted by Crippen LogP contribution is -2.55. The highest BCUT2D eigenvalue weighted by Gasteiger charge is 2.61. The minimum absolute atomic E-state index is 0.317. The molecule has 0 aliphatic heterocycles. The van der Waals surface area contributed by atoms with Gasteiger partial charge in [-0.3, -0.25) is 4.79 Å². The van der Waals surface area contributed by atoms with Crippen molar-refractivity contribution in [3.63, 3.8) is 0 Å². The Morgan fingerprint density at radius 2 is 1.50 bits per heavy atom. The van der Waals surface area contributed by atoms with Gasteiger partial charge in [-0.2, -0.15) is 0 Å². The molecular formula is C29H50O. The molecule has 1 unspecified atom stereocenters. The third-order valence-electron chi connectivity index (χ3n) is 11.9. The SMILES string of the molecule is CC1C(=O)CC[C@@]2(C)[C@@H]1CC[C@@H]1[C@@H]2CC[C@]2(C)[C@@H]([C@H](C)CC[C@H](C)C(C)C)CC[C@@H]12. The Morgan fingerprint density at radius 3 is 2.20 bits per heavy atom. The van der Waals surface area contributed by atoms with Crippen molar-refractivity contribution >= 4 is 5.78 Å². The van der Waals surface area contributed by atoms with Gasteiger partial charge in [0.15, 0.2) is 0 Å². The van der Waals surface area contributed by atoms with E-state index < -0.39 is 0 Å². The van der Waals surface area contributed by atoms with Crippen LogP contribution in [0.15, 0.2) is 0 Å². The van der Waals surface area contributed by atoms with Crippen LogP contribution in [0.1, 0.15) is 113 Å². The molecule has 4 aliphatic rings. The summed E-state index contributed by atoms with van der Waals surface area (Å²) in [5, 5.41) is 0. The Hall–Kier alpha value is -0.330. The van der Waals surface area contributed by atoms with Crippen molar-refractivity contribution < 1.29 is 4.79 Å². The molecule has 0 amide bonds. The van der Waals surface area contributed by atoms with Crippen LogP contribution < -0.4 is 0 Å². The van der Waals surface area contributed by atoms with Gasteiger partial charge in [-0.15, -0.1) is 0 Å². The second kappa shape index (κ2) is 8.22. The number of hydrogen-bond donors (Lipinski definition) is 0. The van der Waals surface area contributed by atoms with Crippen LogP contribution >= 0.6 is 0 Å². The molecule has 4 rings (SSSR count).